The molecule has 0 fully saturated rings. The number of ether oxygens (including phenoxy) is 1. The second kappa shape index (κ2) is 15.0. The van der Waals surface area contributed by atoms with Gasteiger partial charge in [0.25, 0.3) is 5.91 Å². The van der Waals surface area contributed by atoms with E-state index in [9.17, 15) is 9.59 Å². The number of carbonyl (C=O) groups excluding carboxylic acids is 2. The zero-order valence-corrected chi connectivity index (χ0v) is 28.8. The van der Waals surface area contributed by atoms with Gasteiger partial charge < -0.3 is 14.5 Å². The van der Waals surface area contributed by atoms with Gasteiger partial charge in [-0.1, -0.05) is 142 Å². The molecule has 0 aliphatic rings. The van der Waals surface area contributed by atoms with Crippen LogP contribution in [0.5, 0.6) is 0 Å². The average Bonchev–Trinajstić information content (AvgIpc) is 3.04. The molecule has 4 rings (SSSR count). The van der Waals surface area contributed by atoms with Crippen LogP contribution in [0.4, 0.5) is 4.79 Å². The first-order valence-corrected chi connectivity index (χ1v) is 19.0. The lowest BCUT2D eigenvalue weighted by molar-refractivity contribution is -0.123. The molecule has 0 unspecified atom stereocenters. The summed E-state index contributed by atoms with van der Waals surface area (Å²) in [6.45, 7) is 12.6. The molecule has 4 aromatic carbocycles. The summed E-state index contributed by atoms with van der Waals surface area (Å²) in [6, 6.07) is 38.8. The first kappa shape index (κ1) is 34.0. The van der Waals surface area contributed by atoms with Gasteiger partial charge in [-0.15, -0.1) is 0 Å². The van der Waals surface area contributed by atoms with E-state index in [-0.39, 0.29) is 17.6 Å². The maximum absolute atomic E-state index is 14.2. The molecular formula is C37H44N2O4SSi. The van der Waals surface area contributed by atoms with Crippen molar-refractivity contribution in [2.45, 2.75) is 69.3 Å². The fourth-order valence-electron chi connectivity index (χ4n) is 4.88. The fourth-order valence-corrected chi connectivity index (χ4v) is 7.44. The van der Waals surface area contributed by atoms with Gasteiger partial charge in [-0.25, -0.2) is 4.79 Å². The number of carbonyl (C=O) groups is 2. The molecule has 0 aromatic heterocycles. The van der Waals surface area contributed by atoms with Gasteiger partial charge in [-0.05, 0) is 59.3 Å². The normalized spacial score (nSPS) is 13.4. The number of nitrogens with one attached hydrogen (secondary N) is 2. The standard InChI is InChI=1S/C37H44N2O4SSi/c1-28(43-45(5,6)36(2,3)4)33(38-35(41)42-27-29-19-11-7-12-20-29)34(40)39-44-37(30-21-13-8-14-22-30,31-23-15-9-16-24-31)32-25-17-10-18-26-32/h7-26,28,33H,27H2,1-6H3,(H,38,41)(H,39,40)/t28-,33+/m1/s1. The second-order valence-corrected chi connectivity index (χ2v) is 18.4. The van der Waals surface area contributed by atoms with Crippen LogP contribution >= 0.6 is 11.9 Å². The molecule has 236 valence electrons. The third-order valence-corrected chi connectivity index (χ3v) is 14.3. The smallest absolute Gasteiger partial charge is 0.408 e. The van der Waals surface area contributed by atoms with Gasteiger partial charge in [-0.3, -0.25) is 9.52 Å². The van der Waals surface area contributed by atoms with Gasteiger partial charge in [0.15, 0.2) is 8.32 Å². The van der Waals surface area contributed by atoms with Crippen molar-refractivity contribution in [2.24, 2.45) is 0 Å². The summed E-state index contributed by atoms with van der Waals surface area (Å²) in [6.07, 6.45) is -1.30. The van der Waals surface area contributed by atoms with Crippen molar-refractivity contribution in [3.63, 3.8) is 0 Å². The lowest BCUT2D eigenvalue weighted by Crippen LogP contribution is -2.56. The highest BCUT2D eigenvalue weighted by Gasteiger charge is 2.43. The van der Waals surface area contributed by atoms with E-state index in [0.717, 1.165) is 22.3 Å². The summed E-state index contributed by atoms with van der Waals surface area (Å²) in [4.78, 5) is 27.3. The average molecular weight is 641 g/mol. The molecule has 0 aliphatic heterocycles. The quantitative estimate of drug-likeness (QED) is 0.0923. The van der Waals surface area contributed by atoms with Gasteiger partial charge >= 0.3 is 6.09 Å². The van der Waals surface area contributed by atoms with Crippen molar-refractivity contribution in [1.82, 2.24) is 10.0 Å². The Hall–Kier alpha value is -3.85. The van der Waals surface area contributed by atoms with Crippen molar-refractivity contribution in [3.8, 4) is 0 Å². The van der Waals surface area contributed by atoms with E-state index in [2.05, 4.69) is 80.3 Å². The largest absolute Gasteiger partial charge is 0.445 e. The van der Waals surface area contributed by atoms with Crippen LogP contribution in [-0.4, -0.2) is 32.5 Å². The Labute approximate surface area is 273 Å². The molecule has 0 bridgehead atoms. The number of rotatable bonds is 12. The summed E-state index contributed by atoms with van der Waals surface area (Å²) in [5.41, 5.74) is 3.87. The summed E-state index contributed by atoms with van der Waals surface area (Å²) in [5.74, 6) is -0.380. The number of alkyl carbamates (subject to hydrolysis) is 1. The topological polar surface area (TPSA) is 76.7 Å². The van der Waals surface area contributed by atoms with E-state index < -0.39 is 31.3 Å². The molecule has 2 amide bonds. The highest BCUT2D eigenvalue weighted by molar-refractivity contribution is 7.99. The maximum Gasteiger partial charge on any atom is 0.408 e. The Kier molecular flexibility index (Phi) is 11.3. The minimum absolute atomic E-state index is 0.0893. The minimum atomic E-state index is -2.30. The summed E-state index contributed by atoms with van der Waals surface area (Å²) in [5, 5.41) is 2.74. The Balaban J connectivity index is 1.66. The van der Waals surface area contributed by atoms with Gasteiger partial charge in [0.1, 0.15) is 17.4 Å². The number of hydrogen-bond acceptors (Lipinski definition) is 5. The van der Waals surface area contributed by atoms with E-state index >= 15 is 0 Å². The molecule has 45 heavy (non-hydrogen) atoms. The highest BCUT2D eigenvalue weighted by Crippen LogP contribution is 2.47. The zero-order valence-electron chi connectivity index (χ0n) is 27.0. The first-order chi connectivity index (χ1) is 21.4. The monoisotopic (exact) mass is 640 g/mol. The molecule has 0 aliphatic carbocycles. The molecule has 2 atom stereocenters. The van der Waals surface area contributed by atoms with Gasteiger partial charge in [0.05, 0.1) is 6.10 Å². The minimum Gasteiger partial charge on any atom is -0.445 e. The molecule has 8 heteroatoms. The summed E-state index contributed by atoms with van der Waals surface area (Å²) < 4.78 is 14.5. The van der Waals surface area contributed by atoms with Crippen LogP contribution < -0.4 is 10.0 Å². The van der Waals surface area contributed by atoms with E-state index in [1.807, 2.05) is 91.9 Å². The van der Waals surface area contributed by atoms with Crippen LogP contribution in [0, 0.1) is 0 Å². The van der Waals surface area contributed by atoms with Gasteiger partial charge in [0, 0.05) is 0 Å². The second-order valence-electron chi connectivity index (χ2n) is 12.6. The predicted octanol–water partition coefficient (Wildman–Crippen LogP) is 8.45. The van der Waals surface area contributed by atoms with E-state index in [1.54, 1.807) is 0 Å². The molecule has 0 spiro atoms. The molecule has 0 saturated heterocycles. The molecule has 6 nitrogen and oxygen atoms in total. The van der Waals surface area contributed by atoms with Crippen molar-refractivity contribution in [3.05, 3.63) is 144 Å². The number of amides is 2. The fraction of sp³-hybridized carbons (Fsp3) is 0.297. The van der Waals surface area contributed by atoms with Gasteiger partial charge in [-0.2, -0.15) is 0 Å². The Morgan fingerprint density at radius 1 is 0.733 bits per heavy atom. The number of benzene rings is 4. The van der Waals surface area contributed by atoms with Crippen LogP contribution in [-0.2, 0) is 25.3 Å². The van der Waals surface area contributed by atoms with Crippen LogP contribution in [0.15, 0.2) is 121 Å². The lowest BCUT2D eigenvalue weighted by atomic mass is 9.84. The summed E-state index contributed by atoms with van der Waals surface area (Å²) in [7, 11) is -2.30. The van der Waals surface area contributed by atoms with Crippen LogP contribution in [0.3, 0.4) is 0 Å². The van der Waals surface area contributed by atoms with Crippen molar-refractivity contribution in [1.29, 1.82) is 0 Å². The molecule has 4 aromatic rings. The van der Waals surface area contributed by atoms with Crippen LogP contribution in [0.25, 0.3) is 0 Å². The maximum atomic E-state index is 14.2. The van der Waals surface area contributed by atoms with Crippen molar-refractivity contribution < 1.29 is 18.8 Å². The zero-order chi connectivity index (χ0) is 32.5. The Morgan fingerprint density at radius 3 is 1.58 bits per heavy atom. The third-order valence-electron chi connectivity index (χ3n) is 8.37. The van der Waals surface area contributed by atoms with Crippen LogP contribution in [0.2, 0.25) is 18.1 Å². The van der Waals surface area contributed by atoms with Gasteiger partial charge in [0.2, 0.25) is 0 Å². The highest BCUT2D eigenvalue weighted by atomic mass is 32.2. The number of hydrogen-bond donors (Lipinski definition) is 2. The summed E-state index contributed by atoms with van der Waals surface area (Å²) >= 11 is 1.31. The molecular weight excluding hydrogens is 597 g/mol. The van der Waals surface area contributed by atoms with E-state index in [1.165, 1.54) is 11.9 Å². The third kappa shape index (κ3) is 8.45. The molecule has 2 N–H and O–H groups in total. The van der Waals surface area contributed by atoms with E-state index in [0.29, 0.717) is 0 Å². The Bertz CT molecular complexity index is 1420. The predicted molar refractivity (Wildman–Crippen MR) is 186 cm³/mol. The SMILES string of the molecule is C[C@@H](O[Si](C)(C)C(C)(C)C)[C@H](NC(=O)OCc1ccccc1)C(=O)NSC(c1ccccc1)(c1ccccc1)c1ccccc1. The lowest BCUT2D eigenvalue weighted by Gasteiger charge is -2.40. The first-order valence-electron chi connectivity index (χ1n) is 15.2. The van der Waals surface area contributed by atoms with Crippen molar-refractivity contribution >= 4 is 32.3 Å². The Morgan fingerprint density at radius 2 is 1.16 bits per heavy atom. The van der Waals surface area contributed by atoms with Crippen molar-refractivity contribution in [2.75, 3.05) is 0 Å². The van der Waals surface area contributed by atoms with E-state index in [4.69, 9.17) is 9.16 Å². The molecule has 0 saturated carbocycles. The molecule has 0 heterocycles. The molecule has 0 radical (unpaired) electrons. The van der Waals surface area contributed by atoms with Crippen LogP contribution in [0.1, 0.15) is 49.9 Å².